The van der Waals surface area contributed by atoms with Crippen molar-refractivity contribution in [1.29, 1.82) is 0 Å². The molecule has 1 aliphatic carbocycles. The van der Waals surface area contributed by atoms with E-state index in [4.69, 9.17) is 10.8 Å². The van der Waals surface area contributed by atoms with Gasteiger partial charge in [-0.3, -0.25) is 4.79 Å². The first-order chi connectivity index (χ1) is 8.66. The average Bonchev–Trinajstić information content (AvgIpc) is 2.78. The number of aromatic hydroxyl groups is 1. The smallest absolute Gasteiger partial charge is 0.224 e. The van der Waals surface area contributed by atoms with Crippen molar-refractivity contribution in [2.45, 2.75) is 31.7 Å². The predicted octanol–water partition coefficient (Wildman–Crippen LogP) is 1.18. The third-order valence-electron chi connectivity index (χ3n) is 3.56. The number of carbonyl (C=O) groups is 1. The first-order valence-electron chi connectivity index (χ1n) is 6.48. The Morgan fingerprint density at radius 2 is 2.06 bits per heavy atom. The third-order valence-corrected chi connectivity index (χ3v) is 3.56. The van der Waals surface area contributed by atoms with Gasteiger partial charge in [0.2, 0.25) is 5.91 Å². The van der Waals surface area contributed by atoms with Gasteiger partial charge in [-0.25, -0.2) is 0 Å². The minimum Gasteiger partial charge on any atom is -0.508 e. The molecule has 1 aliphatic rings. The molecule has 0 spiro atoms. The van der Waals surface area contributed by atoms with E-state index in [1.807, 2.05) is 12.1 Å². The van der Waals surface area contributed by atoms with E-state index in [2.05, 4.69) is 5.32 Å². The summed E-state index contributed by atoms with van der Waals surface area (Å²) in [7, 11) is 0. The average molecular weight is 248 g/mol. The zero-order chi connectivity index (χ0) is 13.0. The fourth-order valence-corrected chi connectivity index (χ4v) is 2.44. The van der Waals surface area contributed by atoms with Crippen LogP contribution in [0.4, 0.5) is 0 Å². The molecule has 4 heteroatoms. The first-order valence-corrected chi connectivity index (χ1v) is 6.48. The third kappa shape index (κ3) is 3.23. The fraction of sp³-hybridized carbons (Fsp3) is 0.500. The number of carbonyl (C=O) groups excluding carboxylic acids is 1. The number of phenolic OH excluding ortho intramolecular Hbond substituents is 1. The van der Waals surface area contributed by atoms with Crippen LogP contribution in [0, 0.1) is 5.92 Å². The summed E-state index contributed by atoms with van der Waals surface area (Å²) in [6.45, 7) is 0.618. The molecule has 2 unspecified atom stereocenters. The van der Waals surface area contributed by atoms with Gasteiger partial charge < -0.3 is 16.2 Å². The highest BCUT2D eigenvalue weighted by Crippen LogP contribution is 2.23. The number of hydrogen-bond acceptors (Lipinski definition) is 3. The monoisotopic (exact) mass is 248 g/mol. The highest BCUT2D eigenvalue weighted by atomic mass is 16.3. The summed E-state index contributed by atoms with van der Waals surface area (Å²) in [5, 5.41) is 12.1. The Hall–Kier alpha value is -1.55. The maximum absolute atomic E-state index is 11.9. The zero-order valence-electron chi connectivity index (χ0n) is 10.4. The highest BCUT2D eigenvalue weighted by molar-refractivity contribution is 5.79. The minimum atomic E-state index is -0.00943. The van der Waals surface area contributed by atoms with E-state index in [0.29, 0.717) is 6.54 Å². The molecule has 0 aromatic heterocycles. The lowest BCUT2D eigenvalue weighted by molar-refractivity contribution is -0.125. The summed E-state index contributed by atoms with van der Waals surface area (Å²) in [4.78, 5) is 11.9. The normalized spacial score (nSPS) is 22.9. The first kappa shape index (κ1) is 12.9. The van der Waals surface area contributed by atoms with Gasteiger partial charge in [0.15, 0.2) is 0 Å². The number of rotatable bonds is 4. The molecule has 4 nitrogen and oxygen atoms in total. The summed E-state index contributed by atoms with van der Waals surface area (Å²) in [6, 6.07) is 7.07. The second-order valence-electron chi connectivity index (χ2n) is 4.91. The number of benzene rings is 1. The molecule has 0 aliphatic heterocycles. The summed E-state index contributed by atoms with van der Waals surface area (Å²) >= 11 is 0. The summed E-state index contributed by atoms with van der Waals surface area (Å²) in [5.41, 5.74) is 6.99. The predicted molar refractivity (Wildman–Crippen MR) is 70.1 cm³/mol. The van der Waals surface area contributed by atoms with Crippen molar-refractivity contribution in [1.82, 2.24) is 5.32 Å². The van der Waals surface area contributed by atoms with Crippen LogP contribution in [-0.2, 0) is 11.2 Å². The van der Waals surface area contributed by atoms with E-state index >= 15 is 0 Å². The van der Waals surface area contributed by atoms with Gasteiger partial charge in [0, 0.05) is 12.6 Å². The van der Waals surface area contributed by atoms with Crippen molar-refractivity contribution in [3.05, 3.63) is 29.8 Å². The van der Waals surface area contributed by atoms with Crippen molar-refractivity contribution in [3.63, 3.8) is 0 Å². The molecule has 0 saturated heterocycles. The lowest BCUT2D eigenvalue weighted by Crippen LogP contribution is -2.39. The lowest BCUT2D eigenvalue weighted by Gasteiger charge is -2.15. The van der Waals surface area contributed by atoms with Crippen LogP contribution in [0.3, 0.4) is 0 Å². The summed E-state index contributed by atoms with van der Waals surface area (Å²) in [6.07, 6.45) is 3.69. The Bertz CT molecular complexity index is 403. The quantitative estimate of drug-likeness (QED) is 0.749. The molecular weight excluding hydrogens is 228 g/mol. The molecule has 4 N–H and O–H groups in total. The fourth-order valence-electron chi connectivity index (χ4n) is 2.44. The SMILES string of the molecule is NC1CCCC1C(=O)NCCc1ccc(O)cc1. The molecule has 1 saturated carbocycles. The summed E-state index contributed by atoms with van der Waals surface area (Å²) in [5.74, 6) is 0.336. The van der Waals surface area contributed by atoms with Crippen molar-refractivity contribution in [2.75, 3.05) is 6.54 Å². The van der Waals surface area contributed by atoms with Gasteiger partial charge in [0.05, 0.1) is 5.92 Å². The minimum absolute atomic E-state index is 0.00943. The van der Waals surface area contributed by atoms with Crippen molar-refractivity contribution in [2.24, 2.45) is 11.7 Å². The molecule has 18 heavy (non-hydrogen) atoms. The number of hydrogen-bond donors (Lipinski definition) is 3. The molecule has 1 aromatic rings. The van der Waals surface area contributed by atoms with Gasteiger partial charge in [0.25, 0.3) is 0 Å². The van der Waals surface area contributed by atoms with E-state index < -0.39 is 0 Å². The number of amides is 1. The molecule has 98 valence electrons. The van der Waals surface area contributed by atoms with Gasteiger partial charge in [-0.1, -0.05) is 18.6 Å². The Labute approximate surface area is 107 Å². The number of nitrogens with two attached hydrogens (primary N) is 1. The number of nitrogens with one attached hydrogen (secondary N) is 1. The van der Waals surface area contributed by atoms with Crippen LogP contribution in [0.15, 0.2) is 24.3 Å². The van der Waals surface area contributed by atoms with Gasteiger partial charge in [0.1, 0.15) is 5.75 Å². The van der Waals surface area contributed by atoms with Crippen LogP contribution < -0.4 is 11.1 Å². The maximum Gasteiger partial charge on any atom is 0.224 e. The van der Waals surface area contributed by atoms with E-state index in [-0.39, 0.29) is 23.6 Å². The summed E-state index contributed by atoms with van der Waals surface area (Å²) < 4.78 is 0. The highest BCUT2D eigenvalue weighted by Gasteiger charge is 2.29. The molecule has 1 amide bonds. The van der Waals surface area contributed by atoms with Crippen LogP contribution in [0.1, 0.15) is 24.8 Å². The van der Waals surface area contributed by atoms with E-state index in [9.17, 15) is 4.79 Å². The van der Waals surface area contributed by atoms with Gasteiger partial charge >= 0.3 is 0 Å². The largest absolute Gasteiger partial charge is 0.508 e. The second-order valence-corrected chi connectivity index (χ2v) is 4.91. The zero-order valence-corrected chi connectivity index (χ0v) is 10.4. The molecule has 1 fully saturated rings. The van der Waals surface area contributed by atoms with Crippen molar-refractivity contribution >= 4 is 5.91 Å². The molecule has 1 aromatic carbocycles. The number of phenols is 1. The van der Waals surface area contributed by atoms with Crippen LogP contribution in [0.5, 0.6) is 5.75 Å². The Kier molecular flexibility index (Phi) is 4.20. The van der Waals surface area contributed by atoms with E-state index in [1.54, 1.807) is 12.1 Å². The Balaban J connectivity index is 1.75. The van der Waals surface area contributed by atoms with E-state index in [0.717, 1.165) is 31.2 Å². The van der Waals surface area contributed by atoms with Crippen LogP contribution in [0.25, 0.3) is 0 Å². The second kappa shape index (κ2) is 5.87. The molecule has 0 radical (unpaired) electrons. The standard InChI is InChI=1S/C14H20N2O2/c15-13-3-1-2-12(13)14(18)16-9-8-10-4-6-11(17)7-5-10/h4-7,12-13,17H,1-3,8-9,15H2,(H,16,18). The maximum atomic E-state index is 11.9. The van der Waals surface area contributed by atoms with E-state index in [1.165, 1.54) is 0 Å². The molecular formula is C14H20N2O2. The molecule has 2 atom stereocenters. The van der Waals surface area contributed by atoms with Crippen molar-refractivity contribution in [3.8, 4) is 5.75 Å². The Morgan fingerprint density at radius 1 is 1.33 bits per heavy atom. The molecule has 2 rings (SSSR count). The van der Waals surface area contributed by atoms with Crippen LogP contribution in [-0.4, -0.2) is 23.6 Å². The van der Waals surface area contributed by atoms with Crippen LogP contribution >= 0.6 is 0 Å². The topological polar surface area (TPSA) is 75.4 Å². The molecule has 0 bridgehead atoms. The van der Waals surface area contributed by atoms with Crippen molar-refractivity contribution < 1.29 is 9.90 Å². The lowest BCUT2D eigenvalue weighted by atomic mass is 10.0. The van der Waals surface area contributed by atoms with Gasteiger partial charge in [-0.15, -0.1) is 0 Å². The van der Waals surface area contributed by atoms with Gasteiger partial charge in [-0.05, 0) is 37.0 Å². The van der Waals surface area contributed by atoms with Gasteiger partial charge in [-0.2, -0.15) is 0 Å². The van der Waals surface area contributed by atoms with Crippen LogP contribution in [0.2, 0.25) is 0 Å². The Morgan fingerprint density at radius 3 is 2.67 bits per heavy atom. The molecule has 0 heterocycles.